The minimum absolute atomic E-state index is 0.00303. The van der Waals surface area contributed by atoms with Crippen LogP contribution in [0.1, 0.15) is 0 Å². The fourth-order valence-electron chi connectivity index (χ4n) is 2.79. The summed E-state index contributed by atoms with van der Waals surface area (Å²) in [6, 6.07) is 18.2. The van der Waals surface area contributed by atoms with Gasteiger partial charge in [0.05, 0.1) is 21.6 Å². The predicted molar refractivity (Wildman–Crippen MR) is 120 cm³/mol. The SMILES string of the molecule is CN(c1ccccc1)S(=O)(=O)c1cccc(NC(=O)COc2ccc(N)c([N+](=O)[O-])c2)c1. The summed E-state index contributed by atoms with van der Waals surface area (Å²) < 4.78 is 32.3. The lowest BCUT2D eigenvalue weighted by atomic mass is 10.2. The van der Waals surface area contributed by atoms with Gasteiger partial charge in [-0.3, -0.25) is 19.2 Å². The molecule has 32 heavy (non-hydrogen) atoms. The van der Waals surface area contributed by atoms with Crippen LogP contribution in [0.5, 0.6) is 5.75 Å². The highest BCUT2D eigenvalue weighted by molar-refractivity contribution is 7.92. The van der Waals surface area contributed by atoms with Crippen molar-refractivity contribution in [2.24, 2.45) is 0 Å². The number of nitro benzene ring substituents is 1. The van der Waals surface area contributed by atoms with Crippen LogP contribution < -0.4 is 20.1 Å². The Hall–Kier alpha value is -4.12. The van der Waals surface area contributed by atoms with Gasteiger partial charge in [-0.1, -0.05) is 24.3 Å². The highest BCUT2D eigenvalue weighted by atomic mass is 32.2. The van der Waals surface area contributed by atoms with E-state index in [0.717, 1.165) is 10.4 Å². The van der Waals surface area contributed by atoms with Crippen LogP contribution in [0.3, 0.4) is 0 Å². The molecule has 3 aromatic carbocycles. The number of nitrogen functional groups attached to an aromatic ring is 1. The first-order valence-corrected chi connectivity index (χ1v) is 10.7. The quantitative estimate of drug-likeness (QED) is 0.301. The lowest BCUT2D eigenvalue weighted by Crippen LogP contribution is -2.26. The number of nitrogens with zero attached hydrogens (tertiary/aromatic N) is 2. The summed E-state index contributed by atoms with van der Waals surface area (Å²) in [5.41, 5.74) is 5.92. The van der Waals surface area contributed by atoms with Gasteiger partial charge in [0.25, 0.3) is 21.6 Å². The van der Waals surface area contributed by atoms with Gasteiger partial charge in [0, 0.05) is 12.7 Å². The normalized spacial score (nSPS) is 10.9. The number of hydrogen-bond donors (Lipinski definition) is 2. The molecule has 3 aromatic rings. The Morgan fingerprint density at radius 1 is 1.09 bits per heavy atom. The standard InChI is InChI=1S/C21H20N4O6S/c1-24(16-7-3-2-4-8-16)32(29,30)18-9-5-6-15(12-18)23-21(26)14-31-17-10-11-19(22)20(13-17)25(27)28/h2-13H,14,22H2,1H3,(H,23,26). The Kier molecular flexibility index (Phi) is 6.59. The molecule has 0 saturated carbocycles. The number of hydrogen-bond acceptors (Lipinski definition) is 7. The van der Waals surface area contributed by atoms with Gasteiger partial charge in [-0.15, -0.1) is 0 Å². The van der Waals surface area contributed by atoms with E-state index in [1.54, 1.807) is 30.3 Å². The molecule has 0 saturated heterocycles. The molecular weight excluding hydrogens is 436 g/mol. The second-order valence-corrected chi connectivity index (χ2v) is 8.62. The largest absolute Gasteiger partial charge is 0.484 e. The highest BCUT2D eigenvalue weighted by Gasteiger charge is 2.21. The van der Waals surface area contributed by atoms with Crippen molar-refractivity contribution in [1.29, 1.82) is 0 Å². The van der Waals surface area contributed by atoms with Crippen molar-refractivity contribution < 1.29 is 22.9 Å². The maximum Gasteiger partial charge on any atom is 0.295 e. The van der Waals surface area contributed by atoms with Crippen LogP contribution in [0.25, 0.3) is 0 Å². The predicted octanol–water partition coefficient (Wildman–Crippen LogP) is 3.02. The number of rotatable bonds is 8. The number of carbonyl (C=O) groups is 1. The molecule has 3 rings (SSSR count). The summed E-state index contributed by atoms with van der Waals surface area (Å²) in [7, 11) is -2.41. The first-order valence-electron chi connectivity index (χ1n) is 9.29. The maximum absolute atomic E-state index is 12.9. The lowest BCUT2D eigenvalue weighted by molar-refractivity contribution is -0.384. The molecule has 0 atom stereocenters. The molecule has 0 spiro atoms. The van der Waals surface area contributed by atoms with Gasteiger partial charge >= 0.3 is 0 Å². The number of sulfonamides is 1. The van der Waals surface area contributed by atoms with Gasteiger partial charge in [0.15, 0.2) is 6.61 Å². The highest BCUT2D eigenvalue weighted by Crippen LogP contribution is 2.27. The van der Waals surface area contributed by atoms with E-state index < -0.39 is 27.5 Å². The fourth-order valence-corrected chi connectivity index (χ4v) is 4.03. The Bertz CT molecular complexity index is 1250. The van der Waals surface area contributed by atoms with Crippen molar-refractivity contribution in [3.63, 3.8) is 0 Å². The van der Waals surface area contributed by atoms with Crippen LogP contribution in [0.15, 0.2) is 77.7 Å². The van der Waals surface area contributed by atoms with Crippen molar-refractivity contribution in [3.8, 4) is 5.75 Å². The van der Waals surface area contributed by atoms with Crippen LogP contribution >= 0.6 is 0 Å². The molecule has 11 heteroatoms. The average Bonchev–Trinajstić information content (AvgIpc) is 2.78. The molecule has 166 valence electrons. The molecule has 0 fully saturated rings. The molecule has 0 aliphatic carbocycles. The molecule has 0 bridgehead atoms. The Morgan fingerprint density at radius 3 is 2.50 bits per heavy atom. The first-order chi connectivity index (χ1) is 15.2. The average molecular weight is 456 g/mol. The van der Waals surface area contributed by atoms with Crippen LogP contribution in [0.4, 0.5) is 22.7 Å². The molecule has 1 amide bonds. The van der Waals surface area contributed by atoms with E-state index in [0.29, 0.717) is 5.69 Å². The third kappa shape index (κ3) is 5.13. The van der Waals surface area contributed by atoms with Crippen molar-refractivity contribution in [3.05, 3.63) is 82.9 Å². The first kappa shape index (κ1) is 22.6. The number of benzene rings is 3. The Labute approximate surface area is 184 Å². The van der Waals surface area contributed by atoms with Crippen molar-refractivity contribution in [1.82, 2.24) is 0 Å². The van der Waals surface area contributed by atoms with Crippen LogP contribution in [0.2, 0.25) is 0 Å². The van der Waals surface area contributed by atoms with Gasteiger partial charge in [-0.2, -0.15) is 0 Å². The van der Waals surface area contributed by atoms with Gasteiger partial charge in [-0.05, 0) is 42.5 Å². The number of nitrogens with one attached hydrogen (secondary N) is 1. The summed E-state index contributed by atoms with van der Waals surface area (Å²) in [6.07, 6.45) is 0. The summed E-state index contributed by atoms with van der Waals surface area (Å²) >= 11 is 0. The molecule has 0 aliphatic heterocycles. The summed E-state index contributed by atoms with van der Waals surface area (Å²) in [4.78, 5) is 22.5. The summed E-state index contributed by atoms with van der Waals surface area (Å²) in [5, 5.41) is 13.5. The number of amides is 1. The second kappa shape index (κ2) is 9.35. The van der Waals surface area contributed by atoms with E-state index in [1.165, 1.54) is 43.4 Å². The molecule has 0 radical (unpaired) electrons. The van der Waals surface area contributed by atoms with Gasteiger partial charge < -0.3 is 15.8 Å². The summed E-state index contributed by atoms with van der Waals surface area (Å²) in [5.74, 6) is -0.475. The smallest absolute Gasteiger partial charge is 0.295 e. The Balaban J connectivity index is 1.69. The molecule has 0 aliphatic rings. The van der Waals surface area contributed by atoms with E-state index in [4.69, 9.17) is 10.5 Å². The number of carbonyl (C=O) groups excluding carboxylic acids is 1. The molecule has 10 nitrogen and oxygen atoms in total. The molecule has 0 unspecified atom stereocenters. The van der Waals surface area contributed by atoms with Gasteiger partial charge in [-0.25, -0.2) is 8.42 Å². The zero-order valence-electron chi connectivity index (χ0n) is 17.0. The van der Waals surface area contributed by atoms with Crippen LogP contribution in [0, 0.1) is 10.1 Å². The van der Waals surface area contributed by atoms with E-state index in [9.17, 15) is 23.3 Å². The van der Waals surface area contributed by atoms with Crippen molar-refractivity contribution in [2.75, 3.05) is 29.0 Å². The topological polar surface area (TPSA) is 145 Å². The van der Waals surface area contributed by atoms with Gasteiger partial charge in [0.2, 0.25) is 0 Å². The van der Waals surface area contributed by atoms with Gasteiger partial charge in [0.1, 0.15) is 11.4 Å². The number of ether oxygens (including phenoxy) is 1. The zero-order chi connectivity index (χ0) is 23.3. The molecule has 0 heterocycles. The zero-order valence-corrected chi connectivity index (χ0v) is 17.8. The summed E-state index contributed by atoms with van der Waals surface area (Å²) in [6.45, 7) is -0.442. The van der Waals surface area contributed by atoms with E-state index in [2.05, 4.69) is 5.32 Å². The van der Waals surface area contributed by atoms with E-state index >= 15 is 0 Å². The van der Waals surface area contributed by atoms with Crippen LogP contribution in [-0.4, -0.2) is 32.9 Å². The third-order valence-corrected chi connectivity index (χ3v) is 6.25. The molecular formula is C21H20N4O6S. The molecule has 3 N–H and O–H groups in total. The lowest BCUT2D eigenvalue weighted by Gasteiger charge is -2.19. The van der Waals surface area contributed by atoms with Crippen molar-refractivity contribution in [2.45, 2.75) is 4.90 Å². The molecule has 0 aromatic heterocycles. The number of nitrogens with two attached hydrogens (primary N) is 1. The fraction of sp³-hybridized carbons (Fsp3) is 0.0952. The number of para-hydroxylation sites is 1. The minimum atomic E-state index is -3.85. The number of anilines is 3. The number of nitro groups is 1. The Morgan fingerprint density at radius 2 is 1.81 bits per heavy atom. The minimum Gasteiger partial charge on any atom is -0.484 e. The van der Waals surface area contributed by atoms with Crippen LogP contribution in [-0.2, 0) is 14.8 Å². The maximum atomic E-state index is 12.9. The van der Waals surface area contributed by atoms with E-state index in [-0.39, 0.29) is 27.7 Å². The van der Waals surface area contributed by atoms with E-state index in [1.807, 2.05) is 0 Å². The third-order valence-electron chi connectivity index (χ3n) is 4.46. The van der Waals surface area contributed by atoms with Crippen molar-refractivity contribution >= 4 is 38.7 Å². The monoisotopic (exact) mass is 456 g/mol. The second-order valence-electron chi connectivity index (χ2n) is 6.65.